The van der Waals surface area contributed by atoms with Gasteiger partial charge in [-0.2, -0.15) is 0 Å². The second-order valence-corrected chi connectivity index (χ2v) is 8.40. The van der Waals surface area contributed by atoms with E-state index in [4.69, 9.17) is 9.47 Å². The summed E-state index contributed by atoms with van der Waals surface area (Å²) in [7, 11) is 1.75. The highest BCUT2D eigenvalue weighted by molar-refractivity contribution is 5.76. The third-order valence-corrected chi connectivity index (χ3v) is 6.05. The van der Waals surface area contributed by atoms with Crippen molar-refractivity contribution in [3.05, 3.63) is 0 Å². The van der Waals surface area contributed by atoms with Crippen LogP contribution in [0, 0.1) is 10.8 Å². The van der Waals surface area contributed by atoms with Crippen LogP contribution in [0.3, 0.4) is 0 Å². The fraction of sp³-hybridized carbons (Fsp3) is 0.941. The number of rotatable bonds is 3. The highest BCUT2D eigenvalue weighted by Gasteiger charge is 2.55. The molecule has 1 N–H and O–H groups in total. The van der Waals surface area contributed by atoms with Crippen LogP contribution in [0.4, 0.5) is 4.79 Å². The predicted molar refractivity (Wildman–Crippen MR) is 84.8 cm³/mol. The van der Waals surface area contributed by atoms with Crippen LogP contribution in [0.5, 0.6) is 0 Å². The van der Waals surface area contributed by atoms with Gasteiger partial charge in [0, 0.05) is 37.1 Å². The zero-order valence-electron chi connectivity index (χ0n) is 14.5. The maximum atomic E-state index is 12.7. The van der Waals surface area contributed by atoms with Gasteiger partial charge in [-0.3, -0.25) is 0 Å². The van der Waals surface area contributed by atoms with Gasteiger partial charge in [-0.05, 0) is 19.3 Å². The first-order chi connectivity index (χ1) is 10.3. The van der Waals surface area contributed by atoms with E-state index in [0.717, 1.165) is 32.4 Å². The Morgan fingerprint density at radius 2 is 2.05 bits per heavy atom. The maximum absolute atomic E-state index is 12.7. The molecule has 2 heterocycles. The number of urea groups is 1. The summed E-state index contributed by atoms with van der Waals surface area (Å²) in [5.74, 6) is 0. The number of likely N-dealkylation sites (tertiary alicyclic amines) is 1. The van der Waals surface area contributed by atoms with Gasteiger partial charge in [0.1, 0.15) is 0 Å². The zero-order chi connectivity index (χ0) is 16.1. The Morgan fingerprint density at radius 3 is 2.55 bits per heavy atom. The van der Waals surface area contributed by atoms with Crippen molar-refractivity contribution in [1.29, 1.82) is 0 Å². The zero-order valence-corrected chi connectivity index (χ0v) is 14.5. The molecule has 126 valence electrons. The number of hydrogen-bond donors (Lipinski definition) is 1. The van der Waals surface area contributed by atoms with Crippen LogP contribution in [0.1, 0.15) is 47.0 Å². The minimum atomic E-state index is 0.00412. The summed E-state index contributed by atoms with van der Waals surface area (Å²) in [6.45, 7) is 10.4. The molecule has 3 fully saturated rings. The Hall–Kier alpha value is -0.810. The van der Waals surface area contributed by atoms with E-state index < -0.39 is 0 Å². The molecule has 5 heteroatoms. The molecule has 0 aromatic carbocycles. The van der Waals surface area contributed by atoms with Gasteiger partial charge in [0.25, 0.3) is 0 Å². The number of ether oxygens (including phenoxy) is 2. The monoisotopic (exact) mass is 310 g/mol. The average molecular weight is 310 g/mol. The van der Waals surface area contributed by atoms with E-state index in [9.17, 15) is 4.79 Å². The minimum Gasteiger partial charge on any atom is -0.381 e. The van der Waals surface area contributed by atoms with Crippen molar-refractivity contribution in [1.82, 2.24) is 10.2 Å². The van der Waals surface area contributed by atoms with Crippen LogP contribution in [0.15, 0.2) is 0 Å². The van der Waals surface area contributed by atoms with Gasteiger partial charge < -0.3 is 19.7 Å². The molecule has 2 saturated heterocycles. The lowest BCUT2D eigenvalue weighted by atomic mass is 9.64. The second kappa shape index (κ2) is 5.38. The van der Waals surface area contributed by atoms with E-state index in [1.165, 1.54) is 0 Å². The summed E-state index contributed by atoms with van der Waals surface area (Å²) in [6, 6.07) is 0.461. The number of carbonyl (C=O) groups excluding carboxylic acids is 1. The number of nitrogens with zero attached hydrogens (tertiary/aromatic N) is 1. The molecule has 1 aliphatic carbocycles. The molecule has 5 nitrogen and oxygen atoms in total. The van der Waals surface area contributed by atoms with E-state index in [2.05, 4.69) is 33.0 Å². The smallest absolute Gasteiger partial charge is 0.318 e. The number of hydrogen-bond acceptors (Lipinski definition) is 3. The Morgan fingerprint density at radius 1 is 1.32 bits per heavy atom. The van der Waals surface area contributed by atoms with Crippen LogP contribution in [0.25, 0.3) is 0 Å². The average Bonchev–Trinajstić information content (AvgIpc) is 2.93. The van der Waals surface area contributed by atoms with Gasteiger partial charge in [0.15, 0.2) is 0 Å². The topological polar surface area (TPSA) is 50.8 Å². The van der Waals surface area contributed by atoms with Crippen molar-refractivity contribution >= 4 is 6.03 Å². The Labute approximate surface area is 133 Å². The van der Waals surface area contributed by atoms with E-state index >= 15 is 0 Å². The van der Waals surface area contributed by atoms with Crippen LogP contribution in [0.2, 0.25) is 0 Å². The van der Waals surface area contributed by atoms with Crippen molar-refractivity contribution in [2.75, 3.05) is 20.3 Å². The predicted octanol–water partition coefficient (Wildman–Crippen LogP) is 2.40. The minimum absolute atomic E-state index is 0.00412. The maximum Gasteiger partial charge on any atom is 0.318 e. The first-order valence-corrected chi connectivity index (χ1v) is 8.49. The first kappa shape index (κ1) is 16.1. The normalized spacial score (nSPS) is 39.0. The summed E-state index contributed by atoms with van der Waals surface area (Å²) >= 11 is 0. The molecule has 4 unspecified atom stereocenters. The SMILES string of the molecule is COC1CC(NC(=O)N2CC(C)(C)C2C2CCCO2)C1(C)C. The molecule has 0 radical (unpaired) electrons. The van der Waals surface area contributed by atoms with Crippen molar-refractivity contribution in [3.63, 3.8) is 0 Å². The van der Waals surface area contributed by atoms with Crippen molar-refractivity contribution < 1.29 is 14.3 Å². The van der Waals surface area contributed by atoms with Gasteiger partial charge >= 0.3 is 6.03 Å². The lowest BCUT2D eigenvalue weighted by molar-refractivity contribution is -0.108. The fourth-order valence-corrected chi connectivity index (χ4v) is 4.46. The number of methoxy groups -OCH3 is 1. The Kier molecular flexibility index (Phi) is 3.92. The molecular weight excluding hydrogens is 280 g/mol. The summed E-state index contributed by atoms with van der Waals surface area (Å²) < 4.78 is 11.3. The molecule has 0 bridgehead atoms. The first-order valence-electron chi connectivity index (χ1n) is 8.49. The highest BCUT2D eigenvalue weighted by Crippen LogP contribution is 2.45. The lowest BCUT2D eigenvalue weighted by Crippen LogP contribution is -2.72. The van der Waals surface area contributed by atoms with Crippen LogP contribution in [-0.4, -0.2) is 55.5 Å². The molecule has 0 aromatic heterocycles. The van der Waals surface area contributed by atoms with E-state index in [-0.39, 0.29) is 41.2 Å². The molecule has 22 heavy (non-hydrogen) atoms. The fourth-order valence-electron chi connectivity index (χ4n) is 4.46. The van der Waals surface area contributed by atoms with Gasteiger partial charge in [-0.15, -0.1) is 0 Å². The molecule has 1 saturated carbocycles. The molecule has 2 amide bonds. The van der Waals surface area contributed by atoms with Crippen molar-refractivity contribution in [2.24, 2.45) is 10.8 Å². The molecule has 2 aliphatic heterocycles. The van der Waals surface area contributed by atoms with Crippen LogP contribution in [-0.2, 0) is 9.47 Å². The summed E-state index contributed by atoms with van der Waals surface area (Å²) in [6.07, 6.45) is 3.52. The molecule has 0 spiro atoms. The summed E-state index contributed by atoms with van der Waals surface area (Å²) in [5, 5.41) is 3.22. The number of carbonyl (C=O) groups is 1. The van der Waals surface area contributed by atoms with Crippen LogP contribution < -0.4 is 5.32 Å². The largest absolute Gasteiger partial charge is 0.381 e. The van der Waals surface area contributed by atoms with E-state index in [1.54, 1.807) is 7.11 Å². The summed E-state index contributed by atoms with van der Waals surface area (Å²) in [4.78, 5) is 14.7. The molecule has 4 atom stereocenters. The third-order valence-electron chi connectivity index (χ3n) is 6.05. The number of nitrogens with one attached hydrogen (secondary N) is 1. The van der Waals surface area contributed by atoms with Crippen LogP contribution >= 0.6 is 0 Å². The van der Waals surface area contributed by atoms with E-state index in [0.29, 0.717) is 0 Å². The standard InChI is InChI=1S/C17H30N2O3/c1-16(2)10-19(14(16)11-7-6-8-22-11)15(20)18-12-9-13(21-5)17(12,3)4/h11-14H,6-10H2,1-5H3,(H,18,20). The van der Waals surface area contributed by atoms with Gasteiger partial charge in [0.2, 0.25) is 0 Å². The lowest BCUT2D eigenvalue weighted by Gasteiger charge is -2.57. The Balaban J connectivity index is 1.61. The highest BCUT2D eigenvalue weighted by atomic mass is 16.5. The van der Waals surface area contributed by atoms with Crippen molar-refractivity contribution in [3.8, 4) is 0 Å². The van der Waals surface area contributed by atoms with E-state index in [1.807, 2.05) is 4.90 Å². The van der Waals surface area contributed by atoms with Crippen molar-refractivity contribution in [2.45, 2.75) is 71.2 Å². The van der Waals surface area contributed by atoms with Gasteiger partial charge in [0.05, 0.1) is 18.2 Å². The molecular formula is C17H30N2O3. The number of amides is 2. The molecule has 0 aromatic rings. The van der Waals surface area contributed by atoms with Gasteiger partial charge in [-0.1, -0.05) is 27.7 Å². The Bertz CT molecular complexity index is 443. The second-order valence-electron chi connectivity index (χ2n) is 8.40. The van der Waals surface area contributed by atoms with Gasteiger partial charge in [-0.25, -0.2) is 4.79 Å². The third kappa shape index (κ3) is 2.42. The molecule has 3 rings (SSSR count). The summed E-state index contributed by atoms with van der Waals surface area (Å²) in [5.41, 5.74) is 0.153. The quantitative estimate of drug-likeness (QED) is 0.871. The molecule has 3 aliphatic rings.